The summed E-state index contributed by atoms with van der Waals surface area (Å²) in [4.78, 5) is 5.46. The average molecular weight is 913 g/mol. The molecule has 6 heteroatoms. The Morgan fingerprint density at radius 2 is 0.986 bits per heavy atom. The van der Waals surface area contributed by atoms with E-state index >= 15 is 8.78 Å². The van der Waals surface area contributed by atoms with Gasteiger partial charge in [0.2, 0.25) is 0 Å². The van der Waals surface area contributed by atoms with Crippen molar-refractivity contribution in [1.82, 2.24) is 0 Å². The number of fused-ring (bicyclic) bond motifs is 8. The molecule has 2 aromatic heterocycles. The summed E-state index contributed by atoms with van der Waals surface area (Å²) in [5, 5.41) is 5.53. The molecule has 0 unspecified atom stereocenters. The molecular weight excluding hydrogens is 871 g/mol. The molecule has 1 aliphatic carbocycles. The van der Waals surface area contributed by atoms with Gasteiger partial charge >= 0.3 is 0 Å². The van der Waals surface area contributed by atoms with Crippen LogP contribution in [0.1, 0.15) is 25.0 Å². The summed E-state index contributed by atoms with van der Waals surface area (Å²) < 4.78 is 38.7. The Kier molecular flexibility index (Phi) is 9.43. The first-order valence-corrected chi connectivity index (χ1v) is 24.0. The molecule has 0 amide bonds. The summed E-state index contributed by atoms with van der Waals surface area (Å²) in [6, 6.07) is 73.7. The van der Waals surface area contributed by atoms with Gasteiger partial charge in [-0.1, -0.05) is 135 Å². The Morgan fingerprint density at radius 3 is 1.70 bits per heavy atom. The van der Waals surface area contributed by atoms with Gasteiger partial charge in [-0.3, -0.25) is 0 Å². The van der Waals surface area contributed by atoms with Crippen molar-refractivity contribution in [3.05, 3.63) is 241 Å². The first-order chi connectivity index (χ1) is 33.8. The minimum absolute atomic E-state index is 0.363. The van der Waals surface area contributed by atoms with Crippen molar-refractivity contribution in [2.75, 3.05) is 9.80 Å². The Bertz CT molecular complexity index is 3930. The van der Waals surface area contributed by atoms with Gasteiger partial charge in [0.25, 0.3) is 0 Å². The highest BCUT2D eigenvalue weighted by atomic mass is 32.1. The molecule has 0 N–H and O–H groups in total. The second kappa shape index (κ2) is 15.9. The van der Waals surface area contributed by atoms with Crippen molar-refractivity contribution in [3.8, 4) is 32.7 Å². The SMILES string of the molecule is CC1(C)c2ccccc2-c2c1c(-c1cc(N(c3ccccc3)c3cc(F)cc(F)c3)cc(N(c3ccccc3)c3ccc4oc5ccccc5c4c3)c1)c1ccccc1c2-c1cc2ccccc2s1. The summed E-state index contributed by atoms with van der Waals surface area (Å²) in [7, 11) is 0. The monoisotopic (exact) mass is 912 g/mol. The molecule has 0 spiro atoms. The predicted octanol–water partition coefficient (Wildman–Crippen LogP) is 18.8. The standard InChI is InChI=1S/C63H42F2N2OS/c1-63(2)54-26-14-12-25-52(54)61-60(58-33-39-17-9-16-28-57(39)69-58)51-24-11-10-23-50(51)59(62(61)63)40-31-46(37-47(32-40)67(44-20-7-4-8-21-44)48-35-41(64)34-42(65)36-48)66(43-18-5-3-6-19-43)45-29-30-56-53(38-45)49-22-13-15-27-55(49)68-56/h3-38H,1-2H3. The van der Waals surface area contributed by atoms with Crippen molar-refractivity contribution in [2.45, 2.75) is 19.3 Å². The molecule has 0 fully saturated rings. The molecule has 0 saturated heterocycles. The van der Waals surface area contributed by atoms with E-state index in [1.165, 1.54) is 54.9 Å². The van der Waals surface area contributed by atoms with Crippen LogP contribution >= 0.6 is 11.3 Å². The van der Waals surface area contributed by atoms with Crippen molar-refractivity contribution < 1.29 is 13.2 Å². The minimum atomic E-state index is -0.658. The molecule has 0 saturated carbocycles. The van der Waals surface area contributed by atoms with E-state index in [1.807, 2.05) is 76.9 Å². The second-order valence-corrected chi connectivity index (χ2v) is 19.4. The third kappa shape index (κ3) is 6.66. The number of para-hydroxylation sites is 3. The van der Waals surface area contributed by atoms with Gasteiger partial charge in [0.15, 0.2) is 0 Å². The van der Waals surface area contributed by atoms with E-state index in [9.17, 15) is 0 Å². The fourth-order valence-electron chi connectivity index (χ4n) is 10.9. The maximum absolute atomic E-state index is 15.5. The normalized spacial score (nSPS) is 12.8. The largest absolute Gasteiger partial charge is 0.456 e. The topological polar surface area (TPSA) is 19.6 Å². The molecule has 12 aromatic rings. The van der Waals surface area contributed by atoms with Gasteiger partial charge in [0.1, 0.15) is 22.8 Å². The first kappa shape index (κ1) is 40.9. The zero-order valence-corrected chi connectivity index (χ0v) is 38.6. The van der Waals surface area contributed by atoms with Crippen LogP contribution in [0.4, 0.5) is 42.9 Å². The van der Waals surface area contributed by atoms with Crippen LogP contribution in [0.3, 0.4) is 0 Å². The number of halogens is 2. The highest BCUT2D eigenvalue weighted by Gasteiger charge is 2.41. The molecule has 0 radical (unpaired) electrons. The summed E-state index contributed by atoms with van der Waals surface area (Å²) in [6.45, 7) is 4.70. The lowest BCUT2D eigenvalue weighted by Crippen LogP contribution is -2.17. The summed E-state index contributed by atoms with van der Waals surface area (Å²) >= 11 is 1.83. The number of rotatable bonds is 8. The van der Waals surface area contributed by atoms with Crippen LogP contribution in [-0.2, 0) is 5.41 Å². The quantitative estimate of drug-likeness (QED) is 0.151. The van der Waals surface area contributed by atoms with Gasteiger partial charge in [-0.2, -0.15) is 0 Å². The molecule has 2 heterocycles. The van der Waals surface area contributed by atoms with Crippen LogP contribution < -0.4 is 9.80 Å². The lowest BCUT2D eigenvalue weighted by Gasteiger charge is -2.32. The second-order valence-electron chi connectivity index (χ2n) is 18.4. The molecule has 10 aromatic carbocycles. The average Bonchev–Trinajstić information content (AvgIpc) is 4.04. The maximum Gasteiger partial charge on any atom is 0.135 e. The van der Waals surface area contributed by atoms with Gasteiger partial charge in [0, 0.05) is 65.8 Å². The summed E-state index contributed by atoms with van der Waals surface area (Å²) in [5.74, 6) is -1.32. The van der Waals surface area contributed by atoms with Gasteiger partial charge in [-0.25, -0.2) is 8.78 Å². The Labute approximate surface area is 402 Å². The fraction of sp³-hybridized carbons (Fsp3) is 0.0476. The minimum Gasteiger partial charge on any atom is -0.456 e. The lowest BCUT2D eigenvalue weighted by atomic mass is 9.76. The van der Waals surface area contributed by atoms with Crippen molar-refractivity contribution in [3.63, 3.8) is 0 Å². The van der Waals surface area contributed by atoms with Gasteiger partial charge in [-0.05, 0) is 141 Å². The maximum atomic E-state index is 15.5. The number of benzene rings is 10. The highest BCUT2D eigenvalue weighted by molar-refractivity contribution is 7.22. The van der Waals surface area contributed by atoms with Gasteiger partial charge < -0.3 is 14.2 Å². The summed E-state index contributed by atoms with van der Waals surface area (Å²) in [5.41, 5.74) is 14.0. The van der Waals surface area contributed by atoms with E-state index in [1.54, 1.807) is 0 Å². The number of furan rings is 1. The van der Waals surface area contributed by atoms with Crippen LogP contribution in [0.5, 0.6) is 0 Å². The van der Waals surface area contributed by atoms with Crippen LogP contribution in [0, 0.1) is 11.6 Å². The van der Waals surface area contributed by atoms with Crippen LogP contribution in [-0.4, -0.2) is 0 Å². The molecule has 3 nitrogen and oxygen atoms in total. The van der Waals surface area contributed by atoms with Crippen molar-refractivity contribution >= 4 is 88.3 Å². The highest BCUT2D eigenvalue weighted by Crippen LogP contribution is 2.60. The predicted molar refractivity (Wildman–Crippen MR) is 284 cm³/mol. The number of hydrogen-bond acceptors (Lipinski definition) is 4. The van der Waals surface area contributed by atoms with E-state index in [2.05, 4.69) is 158 Å². The van der Waals surface area contributed by atoms with E-state index in [0.717, 1.165) is 78.3 Å². The van der Waals surface area contributed by atoms with E-state index in [4.69, 9.17) is 4.42 Å². The molecule has 0 bridgehead atoms. The zero-order valence-electron chi connectivity index (χ0n) is 37.8. The van der Waals surface area contributed by atoms with Gasteiger partial charge in [0.05, 0.1) is 5.69 Å². The smallest absolute Gasteiger partial charge is 0.135 e. The number of anilines is 6. The number of hydrogen-bond donors (Lipinski definition) is 0. The van der Waals surface area contributed by atoms with E-state index in [-0.39, 0.29) is 0 Å². The third-order valence-corrected chi connectivity index (χ3v) is 15.0. The molecule has 69 heavy (non-hydrogen) atoms. The molecular formula is C63H42F2N2OS. The first-order valence-electron chi connectivity index (χ1n) is 23.2. The van der Waals surface area contributed by atoms with Crippen LogP contribution in [0.15, 0.2) is 223 Å². The Balaban J connectivity index is 1.16. The Hall–Kier alpha value is -8.32. The fourth-order valence-corrected chi connectivity index (χ4v) is 12.1. The van der Waals surface area contributed by atoms with E-state index < -0.39 is 17.0 Å². The van der Waals surface area contributed by atoms with Crippen molar-refractivity contribution in [1.29, 1.82) is 0 Å². The number of nitrogens with zero attached hydrogens (tertiary/aromatic N) is 2. The molecule has 1 aliphatic rings. The van der Waals surface area contributed by atoms with Crippen LogP contribution in [0.2, 0.25) is 0 Å². The van der Waals surface area contributed by atoms with E-state index in [0.29, 0.717) is 5.69 Å². The van der Waals surface area contributed by atoms with Crippen LogP contribution in [0.25, 0.3) is 75.5 Å². The molecule has 330 valence electrons. The third-order valence-electron chi connectivity index (χ3n) is 13.8. The van der Waals surface area contributed by atoms with Gasteiger partial charge in [-0.15, -0.1) is 11.3 Å². The Morgan fingerprint density at radius 1 is 0.420 bits per heavy atom. The summed E-state index contributed by atoms with van der Waals surface area (Å²) in [6.07, 6.45) is 0. The molecule has 0 atom stereocenters. The molecule has 0 aliphatic heterocycles. The van der Waals surface area contributed by atoms with Crippen molar-refractivity contribution in [2.24, 2.45) is 0 Å². The lowest BCUT2D eigenvalue weighted by molar-refractivity contribution is 0.584. The number of thiophene rings is 1. The molecule has 13 rings (SSSR count). The zero-order chi connectivity index (χ0) is 46.4.